The second-order valence-corrected chi connectivity index (χ2v) is 6.38. The first-order valence-electron chi connectivity index (χ1n) is 11.0. The highest BCUT2D eigenvalue weighted by Gasteiger charge is 2.21. The molecule has 0 bridgehead atoms. The minimum atomic E-state index is -1.62. The zero-order chi connectivity index (χ0) is 26.7. The molecule has 1 aromatic carbocycles. The van der Waals surface area contributed by atoms with Crippen molar-refractivity contribution < 1.29 is 30.1 Å². The maximum Gasteiger partial charge on any atom is 0.326 e. The van der Waals surface area contributed by atoms with Gasteiger partial charge in [-0.25, -0.2) is 14.8 Å². The molecule has 1 atom stereocenters. The van der Waals surface area contributed by atoms with Gasteiger partial charge in [-0.1, -0.05) is 0 Å². The number of carboxylic acids is 2. The van der Waals surface area contributed by atoms with Gasteiger partial charge in [0.25, 0.3) is 11.5 Å². The molecule has 1 amide bonds. The number of anilines is 2. The molecule has 0 fully saturated rings. The second kappa shape index (κ2) is 9.51. The van der Waals surface area contributed by atoms with Gasteiger partial charge in [0.2, 0.25) is 5.95 Å². The number of nitrogens with zero attached hydrogens (tertiary/aromatic N) is 3. The molecule has 2 heterocycles. The van der Waals surface area contributed by atoms with E-state index in [4.69, 9.17) is 16.3 Å². The third-order valence-corrected chi connectivity index (χ3v) is 4.03. The predicted octanol–water partition coefficient (Wildman–Crippen LogP) is -0.0448. The van der Waals surface area contributed by atoms with Gasteiger partial charge < -0.3 is 26.6 Å². The molecule has 7 N–H and O–H groups in total. The number of aromatic amines is 1. The van der Waals surface area contributed by atoms with Crippen LogP contribution in [0.5, 0.6) is 0 Å². The molecule has 0 radical (unpaired) electrons. The lowest BCUT2D eigenvalue weighted by atomic mass is 10.1. The van der Waals surface area contributed by atoms with Crippen molar-refractivity contribution in [2.75, 3.05) is 11.1 Å². The van der Waals surface area contributed by atoms with Crippen LogP contribution in [0.2, 0.25) is 0 Å². The summed E-state index contributed by atoms with van der Waals surface area (Å²) in [6, 6.07) is -4.37. The molecule has 166 valence electrons. The Morgan fingerprint density at radius 2 is 1.91 bits per heavy atom. The monoisotopic (exact) mass is 445 g/mol. The molecule has 0 aliphatic carbocycles. The summed E-state index contributed by atoms with van der Waals surface area (Å²) in [7, 11) is 0. The molecule has 0 aliphatic heterocycles. The lowest BCUT2D eigenvalue weighted by Gasteiger charge is -2.14. The molecule has 13 heteroatoms. The number of aromatic nitrogens is 4. The average molecular weight is 445 g/mol. The topological polar surface area (TPSA) is 213 Å². The van der Waals surface area contributed by atoms with Gasteiger partial charge in [-0.2, -0.15) is 4.98 Å². The van der Waals surface area contributed by atoms with Crippen molar-refractivity contribution in [1.82, 2.24) is 25.3 Å². The quantitative estimate of drug-likeness (QED) is 0.257. The SMILES string of the molecule is [2H]c1c([2H])c(C(=O)N[C@@H](CCC(=O)O)C(=O)O)c([2H])c([2H])c1NCc1cnc2nc(N)[nH]c(=O)c2n1. The Morgan fingerprint density at radius 3 is 2.56 bits per heavy atom. The van der Waals surface area contributed by atoms with Gasteiger partial charge in [-0.05, 0) is 30.6 Å². The number of carbonyl (C=O) groups excluding carboxylic acids is 1. The molecule has 0 aliphatic rings. The fraction of sp³-hybridized carbons (Fsp3) is 0.211. The highest BCUT2D eigenvalue weighted by atomic mass is 16.4. The van der Waals surface area contributed by atoms with Crippen LogP contribution in [0, 0.1) is 0 Å². The van der Waals surface area contributed by atoms with Crippen molar-refractivity contribution in [3.63, 3.8) is 0 Å². The van der Waals surface area contributed by atoms with Crippen LogP contribution in [0.1, 0.15) is 34.4 Å². The lowest BCUT2D eigenvalue weighted by molar-refractivity contribution is -0.140. The Kier molecular flexibility index (Phi) is 5.10. The molecule has 3 rings (SSSR count). The summed E-state index contributed by atoms with van der Waals surface area (Å²) < 4.78 is 32.6. The molecule has 2 aromatic heterocycles. The van der Waals surface area contributed by atoms with Gasteiger partial charge in [0.15, 0.2) is 11.2 Å². The first-order valence-corrected chi connectivity index (χ1v) is 9.01. The Bertz CT molecular complexity index is 1420. The second-order valence-electron chi connectivity index (χ2n) is 6.38. The molecule has 0 unspecified atom stereocenters. The van der Waals surface area contributed by atoms with E-state index in [1.54, 1.807) is 0 Å². The van der Waals surface area contributed by atoms with E-state index >= 15 is 0 Å². The number of nitrogen functional groups attached to an aromatic ring is 1. The number of benzene rings is 1. The van der Waals surface area contributed by atoms with E-state index in [-0.39, 0.29) is 35.0 Å². The van der Waals surface area contributed by atoms with Gasteiger partial charge in [0, 0.05) is 17.7 Å². The van der Waals surface area contributed by atoms with Crippen LogP contribution >= 0.6 is 0 Å². The highest BCUT2D eigenvalue weighted by Crippen LogP contribution is 2.12. The fourth-order valence-corrected chi connectivity index (χ4v) is 2.51. The number of rotatable bonds is 9. The summed E-state index contributed by atoms with van der Waals surface area (Å²) in [4.78, 5) is 60.9. The van der Waals surface area contributed by atoms with E-state index < -0.39 is 72.0 Å². The number of carboxylic acid groups (broad SMARTS) is 2. The summed E-state index contributed by atoms with van der Waals surface area (Å²) in [5.41, 5.74) is 3.92. The Hall–Kier alpha value is -4.55. The normalized spacial score (nSPS) is 13.4. The van der Waals surface area contributed by atoms with Crippen LogP contribution in [-0.4, -0.2) is 54.0 Å². The Balaban J connectivity index is 1.87. The van der Waals surface area contributed by atoms with Gasteiger partial charge in [-0.3, -0.25) is 19.4 Å². The number of aliphatic carboxylic acids is 2. The van der Waals surface area contributed by atoms with Crippen LogP contribution in [0.25, 0.3) is 11.2 Å². The van der Waals surface area contributed by atoms with Crippen molar-refractivity contribution in [2.45, 2.75) is 25.4 Å². The van der Waals surface area contributed by atoms with E-state index in [0.717, 1.165) is 0 Å². The van der Waals surface area contributed by atoms with Gasteiger partial charge in [0.05, 0.1) is 23.9 Å². The van der Waals surface area contributed by atoms with Crippen LogP contribution in [0.15, 0.2) is 35.2 Å². The molecular weight excluding hydrogens is 422 g/mol. The van der Waals surface area contributed by atoms with Crippen LogP contribution < -0.4 is 21.9 Å². The van der Waals surface area contributed by atoms with E-state index in [0.29, 0.717) is 0 Å². The maximum absolute atomic E-state index is 12.6. The number of hydrogen-bond donors (Lipinski definition) is 6. The Labute approximate surface area is 185 Å². The number of amides is 1. The third-order valence-electron chi connectivity index (χ3n) is 4.03. The molecule has 32 heavy (non-hydrogen) atoms. The molecule has 0 spiro atoms. The smallest absolute Gasteiger partial charge is 0.326 e. The number of carbonyl (C=O) groups is 3. The van der Waals surface area contributed by atoms with Gasteiger partial charge >= 0.3 is 11.9 Å². The maximum atomic E-state index is 12.6. The van der Waals surface area contributed by atoms with Crippen molar-refractivity contribution in [2.24, 2.45) is 0 Å². The lowest BCUT2D eigenvalue weighted by Crippen LogP contribution is -2.41. The number of hydrogen-bond acceptors (Lipinski definition) is 9. The third kappa shape index (κ3) is 5.53. The van der Waals surface area contributed by atoms with E-state index in [9.17, 15) is 24.3 Å². The summed E-state index contributed by atoms with van der Waals surface area (Å²) in [5.74, 6) is -4.15. The molecule has 3 aromatic rings. The first kappa shape index (κ1) is 17.2. The number of H-pyrrole nitrogens is 1. The zero-order valence-corrected chi connectivity index (χ0v) is 16.2. The van der Waals surface area contributed by atoms with Crippen molar-refractivity contribution >= 4 is 40.6 Å². The van der Waals surface area contributed by atoms with E-state index in [1.807, 2.05) is 5.32 Å². The van der Waals surface area contributed by atoms with Crippen molar-refractivity contribution in [3.8, 4) is 0 Å². The summed E-state index contributed by atoms with van der Waals surface area (Å²) in [6.07, 6.45) is 0.264. The summed E-state index contributed by atoms with van der Waals surface area (Å²) in [5, 5.41) is 22.7. The number of nitrogens with one attached hydrogen (secondary N) is 3. The number of fused-ring (bicyclic) bond motifs is 1. The summed E-state index contributed by atoms with van der Waals surface area (Å²) >= 11 is 0. The van der Waals surface area contributed by atoms with Crippen molar-refractivity contribution in [3.05, 3.63) is 52.0 Å². The molecule has 0 saturated heterocycles. The molecule has 13 nitrogen and oxygen atoms in total. The minimum Gasteiger partial charge on any atom is -0.481 e. The van der Waals surface area contributed by atoms with E-state index in [2.05, 4.69) is 25.3 Å². The standard InChI is InChI=1S/C19H19N7O6/c20-19-25-15-14(17(30)26-19)23-11(8-22-15)7-21-10-3-1-9(2-4-10)16(29)24-12(18(31)32)5-6-13(27)28/h1-4,8,12,21H,5-7H2,(H,24,29)(H,27,28)(H,31,32)(H3,20,22,25,26,30)/t12-/m0/s1/i1D,2D,3D,4D. The highest BCUT2D eigenvalue weighted by molar-refractivity contribution is 5.96. The minimum absolute atomic E-state index is 0.00244. The number of nitrogens with two attached hydrogens (primary N) is 1. The fourth-order valence-electron chi connectivity index (χ4n) is 2.51. The molecule has 0 saturated carbocycles. The average Bonchev–Trinajstić information content (AvgIpc) is 2.80. The predicted molar refractivity (Wildman–Crippen MR) is 112 cm³/mol. The van der Waals surface area contributed by atoms with Gasteiger partial charge in [0.1, 0.15) is 6.04 Å². The Morgan fingerprint density at radius 1 is 1.19 bits per heavy atom. The van der Waals surface area contributed by atoms with Crippen molar-refractivity contribution in [1.29, 1.82) is 0 Å². The molecular formula is C19H19N7O6. The zero-order valence-electron chi connectivity index (χ0n) is 20.2. The van der Waals surface area contributed by atoms with E-state index in [1.165, 1.54) is 6.20 Å². The summed E-state index contributed by atoms with van der Waals surface area (Å²) in [6.45, 7) is -0.175. The van der Waals surface area contributed by atoms with Crippen LogP contribution in [0.4, 0.5) is 11.6 Å². The van der Waals surface area contributed by atoms with Crippen LogP contribution in [0.3, 0.4) is 0 Å². The first-order chi connectivity index (χ1) is 16.9. The largest absolute Gasteiger partial charge is 0.481 e. The van der Waals surface area contributed by atoms with Crippen LogP contribution in [-0.2, 0) is 16.1 Å². The van der Waals surface area contributed by atoms with Gasteiger partial charge in [-0.15, -0.1) is 0 Å².